The van der Waals surface area contributed by atoms with Gasteiger partial charge in [0.2, 0.25) is 5.91 Å². The maximum Gasteiger partial charge on any atom is 0.253 e. The molecule has 2 amide bonds. The van der Waals surface area contributed by atoms with Crippen LogP contribution in [0, 0.1) is 5.92 Å². The largest absolute Gasteiger partial charge is 0.381 e. The summed E-state index contributed by atoms with van der Waals surface area (Å²) in [6.45, 7) is 3.97. The standard InChI is InChI=1S/C17H22N2O3/c20-16(12-14-6-11-22-13-14)18-7-9-19(10-8-18)17(21)15-4-2-1-3-5-15/h1-5,14H,6-13H2/t14-/m1/s1. The molecule has 0 N–H and O–H groups in total. The summed E-state index contributed by atoms with van der Waals surface area (Å²) >= 11 is 0. The maximum atomic E-state index is 12.4. The Balaban J connectivity index is 1.49. The predicted octanol–water partition coefficient (Wildman–Crippen LogP) is 1.40. The summed E-state index contributed by atoms with van der Waals surface area (Å²) in [4.78, 5) is 28.3. The lowest BCUT2D eigenvalue weighted by molar-refractivity contribution is -0.133. The number of amides is 2. The summed E-state index contributed by atoms with van der Waals surface area (Å²) in [5.41, 5.74) is 0.713. The molecule has 0 saturated carbocycles. The van der Waals surface area contributed by atoms with Gasteiger partial charge in [-0.05, 0) is 24.5 Å². The SMILES string of the molecule is O=C(C[C@H]1CCOC1)N1CCN(C(=O)c2ccccc2)CC1. The average Bonchev–Trinajstić information content (AvgIpc) is 3.08. The van der Waals surface area contributed by atoms with Gasteiger partial charge >= 0.3 is 0 Å². The van der Waals surface area contributed by atoms with E-state index in [1.807, 2.05) is 40.1 Å². The Labute approximate surface area is 130 Å². The highest BCUT2D eigenvalue weighted by Gasteiger charge is 2.27. The van der Waals surface area contributed by atoms with Crippen molar-refractivity contribution in [3.63, 3.8) is 0 Å². The van der Waals surface area contributed by atoms with Crippen molar-refractivity contribution in [3.05, 3.63) is 35.9 Å². The van der Waals surface area contributed by atoms with Crippen LogP contribution in [0.2, 0.25) is 0 Å². The third kappa shape index (κ3) is 3.47. The first kappa shape index (κ1) is 15.0. The monoisotopic (exact) mass is 302 g/mol. The number of benzene rings is 1. The summed E-state index contributed by atoms with van der Waals surface area (Å²) in [6, 6.07) is 9.31. The molecule has 0 spiro atoms. The lowest BCUT2D eigenvalue weighted by Crippen LogP contribution is -2.50. The van der Waals surface area contributed by atoms with Crippen LogP contribution in [-0.2, 0) is 9.53 Å². The maximum absolute atomic E-state index is 12.4. The quantitative estimate of drug-likeness (QED) is 0.848. The van der Waals surface area contributed by atoms with Crippen LogP contribution in [-0.4, -0.2) is 61.0 Å². The van der Waals surface area contributed by atoms with Crippen molar-refractivity contribution in [2.45, 2.75) is 12.8 Å². The highest BCUT2D eigenvalue weighted by atomic mass is 16.5. The Hall–Kier alpha value is -1.88. The van der Waals surface area contributed by atoms with E-state index in [2.05, 4.69) is 0 Å². The molecule has 2 aliphatic rings. The lowest BCUT2D eigenvalue weighted by atomic mass is 10.0. The molecule has 0 aromatic heterocycles. The number of rotatable bonds is 3. The van der Waals surface area contributed by atoms with Crippen molar-refractivity contribution in [2.75, 3.05) is 39.4 Å². The van der Waals surface area contributed by atoms with Gasteiger partial charge in [0.25, 0.3) is 5.91 Å². The average molecular weight is 302 g/mol. The van der Waals surface area contributed by atoms with Crippen molar-refractivity contribution in [1.29, 1.82) is 0 Å². The van der Waals surface area contributed by atoms with E-state index < -0.39 is 0 Å². The molecule has 2 heterocycles. The third-order valence-electron chi connectivity index (χ3n) is 4.43. The molecule has 2 fully saturated rings. The van der Waals surface area contributed by atoms with Gasteiger partial charge in [-0.2, -0.15) is 0 Å². The van der Waals surface area contributed by atoms with Crippen LogP contribution in [0.3, 0.4) is 0 Å². The molecular formula is C17H22N2O3. The normalized spacial score (nSPS) is 21.9. The number of hydrogen-bond acceptors (Lipinski definition) is 3. The Morgan fingerprint density at radius 2 is 1.73 bits per heavy atom. The van der Waals surface area contributed by atoms with E-state index in [9.17, 15) is 9.59 Å². The van der Waals surface area contributed by atoms with Crippen LogP contribution in [0.5, 0.6) is 0 Å². The van der Waals surface area contributed by atoms with Crippen molar-refractivity contribution in [2.24, 2.45) is 5.92 Å². The van der Waals surface area contributed by atoms with Crippen LogP contribution in [0.15, 0.2) is 30.3 Å². The second-order valence-electron chi connectivity index (χ2n) is 5.97. The molecule has 2 saturated heterocycles. The minimum atomic E-state index is 0.0527. The van der Waals surface area contributed by atoms with Crippen molar-refractivity contribution >= 4 is 11.8 Å². The van der Waals surface area contributed by atoms with Crippen LogP contribution in [0.1, 0.15) is 23.2 Å². The van der Waals surface area contributed by atoms with Crippen molar-refractivity contribution in [1.82, 2.24) is 9.80 Å². The molecular weight excluding hydrogens is 280 g/mol. The first-order chi connectivity index (χ1) is 10.7. The highest BCUT2D eigenvalue weighted by Crippen LogP contribution is 2.18. The van der Waals surface area contributed by atoms with Gasteiger partial charge in [-0.25, -0.2) is 0 Å². The zero-order chi connectivity index (χ0) is 15.4. The van der Waals surface area contributed by atoms with E-state index in [1.54, 1.807) is 0 Å². The number of carbonyl (C=O) groups excluding carboxylic acids is 2. The molecule has 0 aliphatic carbocycles. The first-order valence-corrected chi connectivity index (χ1v) is 7.94. The van der Waals surface area contributed by atoms with Gasteiger partial charge in [0, 0.05) is 51.4 Å². The van der Waals surface area contributed by atoms with Crippen molar-refractivity contribution < 1.29 is 14.3 Å². The summed E-state index contributed by atoms with van der Waals surface area (Å²) in [5, 5.41) is 0. The molecule has 5 nitrogen and oxygen atoms in total. The zero-order valence-corrected chi connectivity index (χ0v) is 12.7. The van der Waals surface area contributed by atoms with Gasteiger partial charge in [0.15, 0.2) is 0 Å². The number of ether oxygens (including phenoxy) is 1. The van der Waals surface area contributed by atoms with E-state index >= 15 is 0 Å². The van der Waals surface area contributed by atoms with Gasteiger partial charge in [0.05, 0.1) is 0 Å². The van der Waals surface area contributed by atoms with Gasteiger partial charge in [0.1, 0.15) is 0 Å². The van der Waals surface area contributed by atoms with Crippen LogP contribution in [0.25, 0.3) is 0 Å². The Bertz CT molecular complexity index is 518. The van der Waals surface area contributed by atoms with E-state index in [0.29, 0.717) is 50.7 Å². The van der Waals surface area contributed by atoms with Gasteiger partial charge < -0.3 is 14.5 Å². The minimum absolute atomic E-state index is 0.0527. The first-order valence-electron chi connectivity index (χ1n) is 7.94. The fourth-order valence-corrected chi connectivity index (χ4v) is 3.04. The van der Waals surface area contributed by atoms with Crippen LogP contribution >= 0.6 is 0 Å². The molecule has 0 radical (unpaired) electrons. The molecule has 1 aromatic rings. The topological polar surface area (TPSA) is 49.9 Å². The molecule has 118 valence electrons. The Kier molecular flexibility index (Phi) is 4.73. The molecule has 1 atom stereocenters. The molecule has 2 aliphatic heterocycles. The van der Waals surface area contributed by atoms with E-state index in [4.69, 9.17) is 4.74 Å². The fourth-order valence-electron chi connectivity index (χ4n) is 3.04. The molecule has 22 heavy (non-hydrogen) atoms. The van der Waals surface area contributed by atoms with Crippen LogP contribution in [0.4, 0.5) is 0 Å². The number of piperazine rings is 1. The molecule has 0 unspecified atom stereocenters. The van der Waals surface area contributed by atoms with Gasteiger partial charge in [-0.1, -0.05) is 18.2 Å². The second kappa shape index (κ2) is 6.92. The third-order valence-corrected chi connectivity index (χ3v) is 4.43. The number of hydrogen-bond donors (Lipinski definition) is 0. The summed E-state index contributed by atoms with van der Waals surface area (Å²) in [6.07, 6.45) is 1.56. The van der Waals surface area contributed by atoms with Gasteiger partial charge in [-0.15, -0.1) is 0 Å². The Morgan fingerprint density at radius 1 is 1.05 bits per heavy atom. The summed E-state index contributed by atoms with van der Waals surface area (Å²) in [7, 11) is 0. The molecule has 3 rings (SSSR count). The van der Waals surface area contributed by atoms with E-state index in [1.165, 1.54) is 0 Å². The number of nitrogens with zero attached hydrogens (tertiary/aromatic N) is 2. The second-order valence-corrected chi connectivity index (χ2v) is 5.97. The molecule has 5 heteroatoms. The van der Waals surface area contributed by atoms with E-state index in [0.717, 1.165) is 13.0 Å². The summed E-state index contributed by atoms with van der Waals surface area (Å²) < 4.78 is 5.32. The number of carbonyl (C=O) groups is 2. The van der Waals surface area contributed by atoms with Crippen molar-refractivity contribution in [3.8, 4) is 0 Å². The fraction of sp³-hybridized carbons (Fsp3) is 0.529. The highest BCUT2D eigenvalue weighted by molar-refractivity contribution is 5.94. The predicted molar refractivity (Wildman–Crippen MR) is 82.5 cm³/mol. The molecule has 0 bridgehead atoms. The summed E-state index contributed by atoms with van der Waals surface area (Å²) in [5.74, 6) is 0.621. The minimum Gasteiger partial charge on any atom is -0.381 e. The van der Waals surface area contributed by atoms with E-state index in [-0.39, 0.29) is 11.8 Å². The van der Waals surface area contributed by atoms with Crippen LogP contribution < -0.4 is 0 Å². The molecule has 1 aromatic carbocycles. The van der Waals surface area contributed by atoms with Gasteiger partial charge in [-0.3, -0.25) is 9.59 Å². The smallest absolute Gasteiger partial charge is 0.253 e. The zero-order valence-electron chi connectivity index (χ0n) is 12.7. The Morgan fingerprint density at radius 3 is 2.36 bits per heavy atom. The lowest BCUT2D eigenvalue weighted by Gasteiger charge is -2.35.